The van der Waals surface area contributed by atoms with E-state index in [9.17, 15) is 14.7 Å². The Hall–Kier alpha value is -3.89. The maximum Gasteiger partial charge on any atom is 0.255 e. The van der Waals surface area contributed by atoms with Crippen LogP contribution in [-0.4, -0.2) is 53.1 Å². The van der Waals surface area contributed by atoms with Gasteiger partial charge in [0.2, 0.25) is 0 Å². The Bertz CT molecular complexity index is 1170. The van der Waals surface area contributed by atoms with Crippen molar-refractivity contribution in [3.05, 3.63) is 65.2 Å². The minimum atomic E-state index is -0.782. The summed E-state index contributed by atoms with van der Waals surface area (Å²) in [7, 11) is 1.51. The molecule has 1 aliphatic rings. The maximum atomic E-state index is 12.5. The lowest BCUT2D eigenvalue weighted by Crippen LogP contribution is -2.25. The first-order chi connectivity index (χ1) is 15.9. The largest absolute Gasteiger partial charge is 0.496 e. The number of nitrogens with two attached hydrogens (primary N) is 2. The van der Waals surface area contributed by atoms with Crippen LogP contribution in [0.3, 0.4) is 0 Å². The van der Waals surface area contributed by atoms with Gasteiger partial charge in [0.05, 0.1) is 25.9 Å². The zero-order valence-electron chi connectivity index (χ0n) is 18.0. The summed E-state index contributed by atoms with van der Waals surface area (Å²) in [6.07, 6.45) is -0.782. The fourth-order valence-corrected chi connectivity index (χ4v) is 3.80. The molecule has 0 aliphatic carbocycles. The number of hydrogen-bond acceptors (Lipinski definition) is 7. The van der Waals surface area contributed by atoms with Gasteiger partial charge in [0.15, 0.2) is 0 Å². The summed E-state index contributed by atoms with van der Waals surface area (Å²) in [5, 5.41) is 17.5. The second-order valence-corrected chi connectivity index (χ2v) is 7.67. The number of hydrogen-bond donors (Lipinski definition) is 4. The molecule has 172 valence electrons. The predicted octanol–water partition coefficient (Wildman–Crippen LogP) is 1.10. The third kappa shape index (κ3) is 4.38. The molecule has 33 heavy (non-hydrogen) atoms. The van der Waals surface area contributed by atoms with E-state index in [2.05, 4.69) is 10.4 Å². The number of carbonyl (C=O) groups is 2. The zero-order chi connectivity index (χ0) is 23.5. The highest BCUT2D eigenvalue weighted by molar-refractivity contribution is 6.03. The molecule has 1 aliphatic heterocycles. The van der Waals surface area contributed by atoms with E-state index in [1.165, 1.54) is 11.8 Å². The number of nitrogen functional groups attached to an aromatic ring is 1. The van der Waals surface area contributed by atoms with Crippen LogP contribution in [0.4, 0.5) is 5.82 Å². The molecule has 0 bridgehead atoms. The number of amides is 2. The maximum absolute atomic E-state index is 12.5. The topological polar surface area (TPSA) is 155 Å². The van der Waals surface area contributed by atoms with Gasteiger partial charge < -0.3 is 31.4 Å². The second-order valence-electron chi connectivity index (χ2n) is 7.67. The summed E-state index contributed by atoms with van der Waals surface area (Å²) in [5.41, 5.74) is 14.0. The van der Waals surface area contributed by atoms with Gasteiger partial charge in [0.25, 0.3) is 11.8 Å². The summed E-state index contributed by atoms with van der Waals surface area (Å²) in [6.45, 7) is 0.692. The van der Waals surface area contributed by atoms with E-state index in [0.717, 1.165) is 5.56 Å². The molecule has 1 saturated heterocycles. The first kappa shape index (κ1) is 22.3. The number of nitrogens with one attached hydrogen (secondary N) is 1. The first-order valence-corrected chi connectivity index (χ1v) is 10.3. The standard InChI is InChI=1S/C23H25N5O5/c1-32-18-5-3-2-4-15(18)23(31)26-10-13-6-8-14(9-7-13)20-19(22(25)30)21(24)28(27-20)16-11-33-12-17(16)29/h2-9,16-17,29H,10-12,24H2,1H3,(H2,25,30)(H,26,31). The average molecular weight is 451 g/mol. The number of aromatic nitrogens is 2. The highest BCUT2D eigenvalue weighted by Crippen LogP contribution is 2.31. The zero-order valence-corrected chi connectivity index (χ0v) is 18.0. The number of para-hydroxylation sites is 1. The third-order valence-corrected chi connectivity index (χ3v) is 5.56. The van der Waals surface area contributed by atoms with E-state index < -0.39 is 18.1 Å². The smallest absolute Gasteiger partial charge is 0.255 e. The number of aliphatic hydroxyl groups is 1. The summed E-state index contributed by atoms with van der Waals surface area (Å²) in [4.78, 5) is 24.6. The van der Waals surface area contributed by atoms with E-state index in [-0.39, 0.29) is 30.5 Å². The third-order valence-electron chi connectivity index (χ3n) is 5.56. The Balaban J connectivity index is 1.53. The Kier molecular flexibility index (Phi) is 6.29. The fraction of sp³-hybridized carbons (Fsp3) is 0.261. The molecule has 2 heterocycles. The van der Waals surface area contributed by atoms with Crippen molar-refractivity contribution in [2.24, 2.45) is 5.73 Å². The lowest BCUT2D eigenvalue weighted by Gasteiger charge is -2.14. The normalized spacial score (nSPS) is 17.6. The van der Waals surface area contributed by atoms with Crippen molar-refractivity contribution < 1.29 is 24.2 Å². The monoisotopic (exact) mass is 451 g/mol. The molecule has 2 amide bonds. The van der Waals surface area contributed by atoms with Crippen molar-refractivity contribution >= 4 is 17.6 Å². The molecule has 2 aromatic carbocycles. The number of methoxy groups -OCH3 is 1. The predicted molar refractivity (Wildman–Crippen MR) is 121 cm³/mol. The molecule has 3 aromatic rings. The van der Waals surface area contributed by atoms with Crippen LogP contribution in [0.1, 0.15) is 32.3 Å². The number of carbonyl (C=O) groups excluding carboxylic acids is 2. The van der Waals surface area contributed by atoms with Gasteiger partial charge in [-0.05, 0) is 17.7 Å². The van der Waals surface area contributed by atoms with E-state index in [0.29, 0.717) is 29.1 Å². The quantitative estimate of drug-likeness (QED) is 0.419. The Morgan fingerprint density at radius 2 is 1.94 bits per heavy atom. The molecule has 1 fully saturated rings. The van der Waals surface area contributed by atoms with Gasteiger partial charge in [-0.25, -0.2) is 4.68 Å². The second kappa shape index (κ2) is 9.31. The molecule has 2 atom stereocenters. The van der Waals surface area contributed by atoms with Gasteiger partial charge in [-0.1, -0.05) is 36.4 Å². The number of nitrogens with zero attached hydrogens (tertiary/aromatic N) is 2. The van der Waals surface area contributed by atoms with Gasteiger partial charge >= 0.3 is 0 Å². The Morgan fingerprint density at radius 1 is 1.21 bits per heavy atom. The molecule has 2 unspecified atom stereocenters. The number of aliphatic hydroxyl groups excluding tert-OH is 1. The minimum absolute atomic E-state index is 0.0835. The van der Waals surface area contributed by atoms with Crippen molar-refractivity contribution in [2.75, 3.05) is 26.1 Å². The van der Waals surface area contributed by atoms with Gasteiger partial charge in [-0.2, -0.15) is 5.10 Å². The van der Waals surface area contributed by atoms with E-state index in [1.54, 1.807) is 36.4 Å². The van der Waals surface area contributed by atoms with Crippen LogP contribution in [0.2, 0.25) is 0 Å². The van der Waals surface area contributed by atoms with Crippen LogP contribution in [0, 0.1) is 0 Å². The van der Waals surface area contributed by atoms with Crippen molar-refractivity contribution in [2.45, 2.75) is 18.7 Å². The molecule has 0 radical (unpaired) electrons. The summed E-state index contributed by atoms with van der Waals surface area (Å²) < 4.78 is 11.9. The molecular formula is C23H25N5O5. The lowest BCUT2D eigenvalue weighted by atomic mass is 10.0. The Labute approximate surface area is 190 Å². The van der Waals surface area contributed by atoms with Gasteiger partial charge in [0.1, 0.15) is 35.0 Å². The van der Waals surface area contributed by atoms with Crippen LogP contribution < -0.4 is 21.5 Å². The average Bonchev–Trinajstić information content (AvgIpc) is 3.40. The SMILES string of the molecule is COc1ccccc1C(=O)NCc1ccc(-c2nn(C3COCC3O)c(N)c2C(N)=O)cc1. The van der Waals surface area contributed by atoms with Crippen molar-refractivity contribution in [1.29, 1.82) is 0 Å². The minimum Gasteiger partial charge on any atom is -0.496 e. The first-order valence-electron chi connectivity index (χ1n) is 10.3. The molecule has 1 aromatic heterocycles. The van der Waals surface area contributed by atoms with Crippen LogP contribution >= 0.6 is 0 Å². The number of rotatable bonds is 7. The molecule has 4 rings (SSSR count). The van der Waals surface area contributed by atoms with Gasteiger partial charge in [-0.3, -0.25) is 9.59 Å². The number of benzene rings is 2. The Morgan fingerprint density at radius 3 is 2.58 bits per heavy atom. The van der Waals surface area contributed by atoms with Crippen LogP contribution in [0.15, 0.2) is 48.5 Å². The molecular weight excluding hydrogens is 426 g/mol. The van der Waals surface area contributed by atoms with E-state index in [4.69, 9.17) is 20.9 Å². The summed E-state index contributed by atoms with van der Waals surface area (Å²) >= 11 is 0. The van der Waals surface area contributed by atoms with Crippen molar-refractivity contribution in [1.82, 2.24) is 15.1 Å². The highest BCUT2D eigenvalue weighted by Gasteiger charge is 2.33. The lowest BCUT2D eigenvalue weighted by molar-refractivity contribution is 0.0946. The number of ether oxygens (including phenoxy) is 2. The number of anilines is 1. The van der Waals surface area contributed by atoms with E-state index in [1.807, 2.05) is 12.1 Å². The molecule has 6 N–H and O–H groups in total. The molecule has 10 heteroatoms. The molecule has 10 nitrogen and oxygen atoms in total. The van der Waals surface area contributed by atoms with Gasteiger partial charge in [-0.15, -0.1) is 0 Å². The highest BCUT2D eigenvalue weighted by atomic mass is 16.5. The van der Waals surface area contributed by atoms with Crippen molar-refractivity contribution in [3.63, 3.8) is 0 Å². The molecule has 0 saturated carbocycles. The van der Waals surface area contributed by atoms with Crippen LogP contribution in [-0.2, 0) is 11.3 Å². The van der Waals surface area contributed by atoms with Crippen LogP contribution in [0.25, 0.3) is 11.3 Å². The van der Waals surface area contributed by atoms with Crippen molar-refractivity contribution in [3.8, 4) is 17.0 Å². The number of primary amides is 1. The van der Waals surface area contributed by atoms with E-state index >= 15 is 0 Å². The fourth-order valence-electron chi connectivity index (χ4n) is 3.80. The van der Waals surface area contributed by atoms with Gasteiger partial charge in [0, 0.05) is 12.1 Å². The summed E-state index contributed by atoms with van der Waals surface area (Å²) in [6, 6.07) is 13.6. The summed E-state index contributed by atoms with van der Waals surface area (Å²) in [5.74, 6) is -0.387. The van der Waals surface area contributed by atoms with Crippen LogP contribution in [0.5, 0.6) is 5.75 Å². The molecule has 0 spiro atoms.